The summed E-state index contributed by atoms with van der Waals surface area (Å²) in [6.45, 7) is 1.42. The second-order valence-corrected chi connectivity index (χ2v) is 5.21. The fraction of sp³-hybridized carbons (Fsp3) is 0.533. The van der Waals surface area contributed by atoms with Crippen LogP contribution in [0.1, 0.15) is 36.4 Å². The molecule has 0 amide bonds. The molecule has 18 heavy (non-hydrogen) atoms. The maximum atomic E-state index is 9.14. The van der Waals surface area contributed by atoms with Gasteiger partial charge in [0.1, 0.15) is 0 Å². The number of hydrogen-bond donors (Lipinski definition) is 1. The molecule has 0 spiro atoms. The van der Waals surface area contributed by atoms with E-state index in [4.69, 9.17) is 10.00 Å². The molecule has 3 rings (SSSR count). The van der Waals surface area contributed by atoms with E-state index in [9.17, 15) is 0 Å². The number of nitrogens with one attached hydrogen (secondary N) is 1. The maximum Gasteiger partial charge on any atom is 0.0721 e. The fourth-order valence-corrected chi connectivity index (χ4v) is 3.09. The number of benzene rings is 1. The lowest BCUT2D eigenvalue weighted by Gasteiger charge is -2.30. The molecule has 1 saturated carbocycles. The summed E-state index contributed by atoms with van der Waals surface area (Å²) in [5.41, 5.74) is 2.61. The van der Waals surface area contributed by atoms with Gasteiger partial charge in [-0.15, -0.1) is 0 Å². The normalized spacial score (nSPS) is 30.7. The van der Waals surface area contributed by atoms with Crippen molar-refractivity contribution >= 4 is 0 Å². The number of rotatable bonds is 2. The topological polar surface area (TPSA) is 45.0 Å². The Kier molecular flexibility index (Phi) is 3.31. The van der Waals surface area contributed by atoms with Gasteiger partial charge in [0.15, 0.2) is 0 Å². The van der Waals surface area contributed by atoms with E-state index >= 15 is 0 Å². The zero-order chi connectivity index (χ0) is 12.4. The Balaban J connectivity index is 1.76. The zero-order valence-electron chi connectivity index (χ0n) is 10.4. The molecule has 1 fully saturated rings. The Hall–Kier alpha value is -1.37. The molecule has 3 nitrogen and oxygen atoms in total. The summed E-state index contributed by atoms with van der Waals surface area (Å²) in [7, 11) is 0. The molecular weight excluding hydrogens is 224 g/mol. The first kappa shape index (κ1) is 11.7. The molecule has 0 bridgehead atoms. The molecule has 1 heterocycles. The van der Waals surface area contributed by atoms with Gasteiger partial charge in [-0.1, -0.05) is 30.7 Å². The first-order valence-electron chi connectivity index (χ1n) is 6.69. The summed E-state index contributed by atoms with van der Waals surface area (Å²) in [5.74, 6) is 0.166. The van der Waals surface area contributed by atoms with E-state index in [0.717, 1.165) is 19.3 Å². The number of ether oxygens (including phenoxy) is 1. The monoisotopic (exact) mass is 242 g/mol. The van der Waals surface area contributed by atoms with Crippen molar-refractivity contribution < 1.29 is 4.74 Å². The average Bonchev–Trinajstić information content (AvgIpc) is 2.86. The quantitative estimate of drug-likeness (QED) is 0.866. The average molecular weight is 242 g/mol. The van der Waals surface area contributed by atoms with Crippen LogP contribution in [0.15, 0.2) is 24.3 Å². The van der Waals surface area contributed by atoms with Crippen molar-refractivity contribution in [2.45, 2.75) is 38.0 Å². The predicted molar refractivity (Wildman–Crippen MR) is 68.7 cm³/mol. The molecule has 1 aliphatic carbocycles. The van der Waals surface area contributed by atoms with Crippen LogP contribution in [-0.2, 0) is 11.3 Å². The van der Waals surface area contributed by atoms with Gasteiger partial charge in [-0.3, -0.25) is 0 Å². The smallest absolute Gasteiger partial charge is 0.0721 e. The van der Waals surface area contributed by atoms with E-state index in [1.165, 1.54) is 11.1 Å². The van der Waals surface area contributed by atoms with Crippen molar-refractivity contribution in [2.24, 2.45) is 5.92 Å². The van der Waals surface area contributed by atoms with Gasteiger partial charge < -0.3 is 10.1 Å². The van der Waals surface area contributed by atoms with Gasteiger partial charge in [-0.2, -0.15) is 5.26 Å². The van der Waals surface area contributed by atoms with Crippen LogP contribution in [0, 0.1) is 17.2 Å². The zero-order valence-corrected chi connectivity index (χ0v) is 10.4. The molecule has 0 saturated heterocycles. The minimum Gasteiger partial charge on any atom is -0.375 e. The highest BCUT2D eigenvalue weighted by atomic mass is 16.5. The summed E-state index contributed by atoms with van der Waals surface area (Å²) in [6.07, 6.45) is 3.30. The van der Waals surface area contributed by atoms with Crippen LogP contribution in [0.3, 0.4) is 0 Å². The Bertz CT molecular complexity index is 466. The molecule has 0 aromatic heterocycles. The Morgan fingerprint density at radius 1 is 1.28 bits per heavy atom. The van der Waals surface area contributed by atoms with E-state index < -0.39 is 0 Å². The SMILES string of the molecule is N#CC1CCCC1NC1COCc2ccccc21. The lowest BCUT2D eigenvalue weighted by atomic mass is 9.96. The van der Waals surface area contributed by atoms with E-state index in [1.807, 2.05) is 0 Å². The lowest BCUT2D eigenvalue weighted by Crippen LogP contribution is -2.39. The minimum absolute atomic E-state index is 0.166. The van der Waals surface area contributed by atoms with Gasteiger partial charge in [-0.25, -0.2) is 0 Å². The Labute approximate surface area is 108 Å². The summed E-state index contributed by atoms with van der Waals surface area (Å²) < 4.78 is 5.64. The van der Waals surface area contributed by atoms with Gasteiger partial charge in [0.25, 0.3) is 0 Å². The van der Waals surface area contributed by atoms with Gasteiger partial charge >= 0.3 is 0 Å². The molecule has 3 heteroatoms. The second kappa shape index (κ2) is 5.09. The Morgan fingerprint density at radius 3 is 3.06 bits per heavy atom. The van der Waals surface area contributed by atoms with Crippen molar-refractivity contribution in [2.75, 3.05) is 6.61 Å². The fourth-order valence-electron chi connectivity index (χ4n) is 3.09. The molecule has 2 aliphatic rings. The third-order valence-electron chi connectivity index (χ3n) is 4.07. The van der Waals surface area contributed by atoms with Crippen LogP contribution in [-0.4, -0.2) is 12.6 Å². The Morgan fingerprint density at radius 2 is 2.17 bits per heavy atom. The summed E-state index contributed by atoms with van der Waals surface area (Å²) in [4.78, 5) is 0. The standard InChI is InChI=1S/C15H18N2O/c16-8-11-5-3-7-14(11)17-15-10-18-9-12-4-1-2-6-13(12)15/h1-2,4,6,11,14-15,17H,3,5,7,9-10H2. The largest absolute Gasteiger partial charge is 0.375 e. The molecule has 1 aliphatic heterocycles. The van der Waals surface area contributed by atoms with Crippen LogP contribution in [0.2, 0.25) is 0 Å². The first-order chi connectivity index (χ1) is 8.88. The minimum atomic E-state index is 0.166. The van der Waals surface area contributed by atoms with Crippen LogP contribution in [0.25, 0.3) is 0 Å². The third-order valence-corrected chi connectivity index (χ3v) is 4.07. The molecule has 1 N–H and O–H groups in total. The van der Waals surface area contributed by atoms with E-state index in [-0.39, 0.29) is 12.0 Å². The van der Waals surface area contributed by atoms with Gasteiger partial charge in [-0.05, 0) is 24.0 Å². The van der Waals surface area contributed by atoms with Crippen molar-refractivity contribution in [1.29, 1.82) is 5.26 Å². The maximum absolute atomic E-state index is 9.14. The van der Waals surface area contributed by atoms with E-state index in [2.05, 4.69) is 35.7 Å². The molecular formula is C15H18N2O. The predicted octanol–water partition coefficient (Wildman–Crippen LogP) is 2.54. The van der Waals surface area contributed by atoms with E-state index in [1.54, 1.807) is 0 Å². The third kappa shape index (κ3) is 2.14. The molecule has 1 aromatic carbocycles. The summed E-state index contributed by atoms with van der Waals surface area (Å²) in [5, 5.41) is 12.8. The number of fused-ring (bicyclic) bond motifs is 1. The molecule has 94 valence electrons. The molecule has 0 radical (unpaired) electrons. The second-order valence-electron chi connectivity index (χ2n) is 5.21. The number of nitrogens with zero attached hydrogens (tertiary/aromatic N) is 1. The van der Waals surface area contributed by atoms with Crippen LogP contribution in [0.4, 0.5) is 0 Å². The van der Waals surface area contributed by atoms with Crippen LogP contribution in [0.5, 0.6) is 0 Å². The van der Waals surface area contributed by atoms with Crippen LogP contribution >= 0.6 is 0 Å². The van der Waals surface area contributed by atoms with Crippen molar-refractivity contribution in [3.8, 4) is 6.07 Å². The summed E-state index contributed by atoms with van der Waals surface area (Å²) >= 11 is 0. The van der Waals surface area contributed by atoms with Crippen molar-refractivity contribution in [3.05, 3.63) is 35.4 Å². The lowest BCUT2D eigenvalue weighted by molar-refractivity contribution is 0.0775. The van der Waals surface area contributed by atoms with Crippen molar-refractivity contribution in [1.82, 2.24) is 5.32 Å². The molecule has 3 unspecified atom stereocenters. The number of hydrogen-bond acceptors (Lipinski definition) is 3. The molecule has 3 atom stereocenters. The van der Waals surface area contributed by atoms with Gasteiger partial charge in [0, 0.05) is 6.04 Å². The highest BCUT2D eigenvalue weighted by Gasteiger charge is 2.30. The van der Waals surface area contributed by atoms with Crippen molar-refractivity contribution in [3.63, 3.8) is 0 Å². The first-order valence-corrected chi connectivity index (χ1v) is 6.69. The van der Waals surface area contributed by atoms with E-state index in [0.29, 0.717) is 19.3 Å². The van der Waals surface area contributed by atoms with Crippen LogP contribution < -0.4 is 5.32 Å². The highest BCUT2D eigenvalue weighted by Crippen LogP contribution is 2.30. The molecule has 1 aromatic rings. The van der Waals surface area contributed by atoms with Gasteiger partial charge in [0.2, 0.25) is 0 Å². The van der Waals surface area contributed by atoms with Gasteiger partial charge in [0.05, 0.1) is 31.2 Å². The highest BCUT2D eigenvalue weighted by molar-refractivity contribution is 5.31. The number of nitriles is 1. The summed E-state index contributed by atoms with van der Waals surface area (Å²) in [6, 6.07) is 11.4.